The molecule has 0 unspecified atom stereocenters. The van der Waals surface area contributed by atoms with Gasteiger partial charge in [-0.25, -0.2) is 4.68 Å². The molecule has 30 heavy (non-hydrogen) atoms. The third kappa shape index (κ3) is 6.20. The molecule has 3 rings (SSSR count). The lowest BCUT2D eigenvalue weighted by molar-refractivity contribution is 0.138. The van der Waals surface area contributed by atoms with Crippen LogP contribution in [0.3, 0.4) is 0 Å². The Kier molecular flexibility index (Phi) is 9.61. The predicted octanol–water partition coefficient (Wildman–Crippen LogP) is 4.37. The van der Waals surface area contributed by atoms with Crippen LogP contribution in [0.15, 0.2) is 35.3 Å². The summed E-state index contributed by atoms with van der Waals surface area (Å²) in [6.45, 7) is 6.57. The Balaban J connectivity index is 0.00000320. The molecule has 7 heteroatoms. The molecule has 1 aromatic carbocycles. The summed E-state index contributed by atoms with van der Waals surface area (Å²) in [5.41, 5.74) is 4.79. The fourth-order valence-electron chi connectivity index (χ4n) is 4.37. The number of nitrogens with zero attached hydrogens (tertiary/aromatic N) is 3. The number of rotatable bonds is 8. The van der Waals surface area contributed by atoms with Gasteiger partial charge in [0.2, 0.25) is 0 Å². The Bertz CT molecular complexity index is 827. The number of methoxy groups -OCH3 is 1. The number of aryl methyl sites for hydroxylation is 2. The van der Waals surface area contributed by atoms with Gasteiger partial charge < -0.3 is 15.4 Å². The average Bonchev–Trinajstić information content (AvgIpc) is 3.33. The van der Waals surface area contributed by atoms with Crippen LogP contribution in [-0.2, 0) is 11.3 Å². The summed E-state index contributed by atoms with van der Waals surface area (Å²) in [5.74, 6) is 0.844. The number of guanidine groups is 1. The first-order valence-corrected chi connectivity index (χ1v) is 10.6. The highest BCUT2D eigenvalue weighted by Gasteiger charge is 2.33. The van der Waals surface area contributed by atoms with Crippen molar-refractivity contribution < 1.29 is 4.74 Å². The number of ether oxygens (including phenoxy) is 1. The van der Waals surface area contributed by atoms with E-state index in [9.17, 15) is 0 Å². The molecule has 0 saturated heterocycles. The average molecular weight is 525 g/mol. The third-order valence-corrected chi connectivity index (χ3v) is 6.03. The van der Waals surface area contributed by atoms with E-state index in [-0.39, 0.29) is 24.0 Å². The van der Waals surface area contributed by atoms with Crippen molar-refractivity contribution in [2.75, 3.05) is 27.3 Å². The molecule has 1 aromatic heterocycles. The van der Waals surface area contributed by atoms with Gasteiger partial charge in [0.25, 0.3) is 0 Å². The molecule has 2 N–H and O–H groups in total. The van der Waals surface area contributed by atoms with E-state index in [0.29, 0.717) is 12.0 Å². The summed E-state index contributed by atoms with van der Waals surface area (Å²) in [4.78, 5) is 4.44. The number of halogens is 1. The maximum atomic E-state index is 5.35. The normalized spacial score (nSPS) is 15.7. The van der Waals surface area contributed by atoms with E-state index in [1.807, 2.05) is 18.7 Å². The van der Waals surface area contributed by atoms with Crippen LogP contribution >= 0.6 is 24.0 Å². The zero-order chi connectivity index (χ0) is 20.7. The van der Waals surface area contributed by atoms with Crippen LogP contribution in [0.25, 0.3) is 5.69 Å². The highest BCUT2D eigenvalue weighted by molar-refractivity contribution is 14.0. The molecule has 1 aliphatic rings. The fourth-order valence-corrected chi connectivity index (χ4v) is 4.37. The van der Waals surface area contributed by atoms with Crippen molar-refractivity contribution in [3.05, 3.63) is 47.3 Å². The molecular formula is C23H36IN5O. The molecule has 0 spiro atoms. The second-order valence-corrected chi connectivity index (χ2v) is 8.20. The van der Waals surface area contributed by atoms with Gasteiger partial charge in [0.05, 0.1) is 11.4 Å². The van der Waals surface area contributed by atoms with Gasteiger partial charge in [-0.1, -0.05) is 31.0 Å². The van der Waals surface area contributed by atoms with Crippen molar-refractivity contribution in [1.82, 2.24) is 20.4 Å². The Morgan fingerprint density at radius 2 is 1.93 bits per heavy atom. The van der Waals surface area contributed by atoms with Crippen LogP contribution < -0.4 is 10.6 Å². The molecule has 166 valence electrons. The molecule has 1 heterocycles. The molecule has 0 atom stereocenters. The smallest absolute Gasteiger partial charge is 0.191 e. The zero-order valence-electron chi connectivity index (χ0n) is 18.7. The van der Waals surface area contributed by atoms with Crippen molar-refractivity contribution in [2.24, 2.45) is 10.4 Å². The number of nitrogens with one attached hydrogen (secondary N) is 2. The second-order valence-electron chi connectivity index (χ2n) is 8.20. The zero-order valence-corrected chi connectivity index (χ0v) is 21.0. The highest BCUT2D eigenvalue weighted by Crippen LogP contribution is 2.40. The SMILES string of the molecule is CN=C(NCc1ccccc1-n1nc(C)cc1C)NCC1(CCOC)CCCC1.I. The van der Waals surface area contributed by atoms with Gasteiger partial charge in [-0.15, -0.1) is 24.0 Å². The van der Waals surface area contributed by atoms with Crippen LogP contribution in [0, 0.1) is 19.3 Å². The van der Waals surface area contributed by atoms with E-state index in [4.69, 9.17) is 4.74 Å². The summed E-state index contributed by atoms with van der Waals surface area (Å²) in [6.07, 6.45) is 6.26. The number of hydrogen-bond donors (Lipinski definition) is 2. The summed E-state index contributed by atoms with van der Waals surface area (Å²) < 4.78 is 7.37. The van der Waals surface area contributed by atoms with Gasteiger partial charge in [-0.2, -0.15) is 5.10 Å². The molecule has 6 nitrogen and oxygen atoms in total. The van der Waals surface area contributed by atoms with Crippen molar-refractivity contribution in [3.63, 3.8) is 0 Å². The lowest BCUT2D eigenvalue weighted by atomic mass is 9.83. The number of aliphatic imine (C=N–C) groups is 1. The first-order valence-electron chi connectivity index (χ1n) is 10.6. The van der Waals surface area contributed by atoms with E-state index in [0.717, 1.165) is 42.6 Å². The molecule has 2 aromatic rings. The molecule has 1 fully saturated rings. The standard InChI is InChI=1S/C23H35N5O.HI/c1-18-15-19(2)28(27-18)21-10-6-5-9-20(21)16-25-22(24-3)26-17-23(13-14-29-4)11-7-8-12-23;/h5-6,9-10,15H,7-8,11-14,16-17H2,1-4H3,(H2,24,25,26);1H. The Morgan fingerprint density at radius 3 is 2.57 bits per heavy atom. The van der Waals surface area contributed by atoms with Gasteiger partial charge in [0.1, 0.15) is 0 Å². The Labute approximate surface area is 197 Å². The van der Waals surface area contributed by atoms with Crippen molar-refractivity contribution in [1.29, 1.82) is 0 Å². The van der Waals surface area contributed by atoms with Crippen molar-refractivity contribution in [3.8, 4) is 5.69 Å². The van der Waals surface area contributed by atoms with E-state index in [1.165, 1.54) is 31.2 Å². The van der Waals surface area contributed by atoms with Crippen LogP contribution in [0.5, 0.6) is 0 Å². The monoisotopic (exact) mass is 525 g/mol. The lowest BCUT2D eigenvalue weighted by Crippen LogP contribution is -2.43. The first kappa shape index (κ1) is 24.7. The van der Waals surface area contributed by atoms with Crippen molar-refractivity contribution >= 4 is 29.9 Å². The third-order valence-electron chi connectivity index (χ3n) is 6.03. The van der Waals surface area contributed by atoms with Gasteiger partial charge in [0, 0.05) is 39.5 Å². The highest BCUT2D eigenvalue weighted by atomic mass is 127. The van der Waals surface area contributed by atoms with E-state index in [1.54, 1.807) is 7.11 Å². The molecule has 0 radical (unpaired) electrons. The first-order chi connectivity index (χ1) is 14.1. The van der Waals surface area contributed by atoms with E-state index < -0.39 is 0 Å². The fraction of sp³-hybridized carbons (Fsp3) is 0.565. The van der Waals surface area contributed by atoms with Crippen LogP contribution in [0.2, 0.25) is 0 Å². The molecule has 0 aliphatic heterocycles. The number of hydrogen-bond acceptors (Lipinski definition) is 3. The number of aromatic nitrogens is 2. The second kappa shape index (κ2) is 11.7. The minimum Gasteiger partial charge on any atom is -0.385 e. The van der Waals surface area contributed by atoms with Crippen LogP contribution in [0.4, 0.5) is 0 Å². The minimum absolute atomic E-state index is 0. The van der Waals surface area contributed by atoms with E-state index >= 15 is 0 Å². The number of benzene rings is 1. The van der Waals surface area contributed by atoms with Gasteiger partial charge >= 0.3 is 0 Å². The molecular weight excluding hydrogens is 489 g/mol. The lowest BCUT2D eigenvalue weighted by Gasteiger charge is -2.30. The maximum Gasteiger partial charge on any atom is 0.191 e. The van der Waals surface area contributed by atoms with Gasteiger partial charge in [-0.3, -0.25) is 4.99 Å². The minimum atomic E-state index is 0. The Hall–Kier alpha value is -1.61. The summed E-state index contributed by atoms with van der Waals surface area (Å²) >= 11 is 0. The molecule has 0 amide bonds. The van der Waals surface area contributed by atoms with Gasteiger partial charge in [-0.05, 0) is 56.2 Å². The quantitative estimate of drug-likeness (QED) is 0.305. The van der Waals surface area contributed by atoms with E-state index in [2.05, 4.69) is 58.0 Å². The predicted molar refractivity (Wildman–Crippen MR) is 134 cm³/mol. The van der Waals surface area contributed by atoms with Crippen molar-refractivity contribution in [2.45, 2.75) is 52.5 Å². The largest absolute Gasteiger partial charge is 0.385 e. The Morgan fingerprint density at radius 1 is 1.20 bits per heavy atom. The molecule has 0 bridgehead atoms. The summed E-state index contributed by atoms with van der Waals surface area (Å²) in [6, 6.07) is 10.5. The molecule has 1 saturated carbocycles. The number of para-hydroxylation sites is 1. The van der Waals surface area contributed by atoms with Gasteiger partial charge in [0.15, 0.2) is 5.96 Å². The topological polar surface area (TPSA) is 63.5 Å². The maximum absolute atomic E-state index is 5.35. The van der Waals surface area contributed by atoms with Crippen LogP contribution in [0.1, 0.15) is 49.1 Å². The summed E-state index contributed by atoms with van der Waals surface area (Å²) in [5, 5.41) is 11.7. The van der Waals surface area contributed by atoms with Crippen LogP contribution in [-0.4, -0.2) is 43.0 Å². The molecule has 1 aliphatic carbocycles. The summed E-state index contributed by atoms with van der Waals surface area (Å²) in [7, 11) is 3.62.